The number of hydrogen-bond acceptors (Lipinski definition) is 2. The lowest BCUT2D eigenvalue weighted by atomic mass is 9.91. The molecule has 9 aromatic rings. The van der Waals surface area contributed by atoms with Crippen molar-refractivity contribution in [3.05, 3.63) is 174 Å². The van der Waals surface area contributed by atoms with E-state index in [2.05, 4.69) is 106 Å². The SMILES string of the molecule is [C-]#[N+]c1cccc2c3cc(C#N)ccc3n(-c3ccc(-c4ccccc4-c4ccccc4-n4c5ccccc5c5ccccc54)c(C#N)c3)c12. The maximum atomic E-state index is 10.7. The van der Waals surface area contributed by atoms with Gasteiger partial charge < -0.3 is 9.13 Å². The van der Waals surface area contributed by atoms with Gasteiger partial charge in [-0.2, -0.15) is 10.5 Å². The van der Waals surface area contributed by atoms with E-state index >= 15 is 0 Å². The van der Waals surface area contributed by atoms with Gasteiger partial charge in [-0.15, -0.1) is 0 Å². The molecule has 0 fully saturated rings. The number of nitriles is 2. The monoisotopic (exact) mass is 635 g/mol. The molecule has 0 radical (unpaired) electrons. The molecular weight excluding hydrogens is 611 g/mol. The van der Waals surface area contributed by atoms with Crippen molar-refractivity contribution in [3.63, 3.8) is 0 Å². The van der Waals surface area contributed by atoms with Crippen LogP contribution in [0.2, 0.25) is 0 Å². The fraction of sp³-hybridized carbons (Fsp3) is 0. The van der Waals surface area contributed by atoms with Gasteiger partial charge in [0.25, 0.3) is 0 Å². The third-order valence-electron chi connectivity index (χ3n) is 9.63. The van der Waals surface area contributed by atoms with Crippen LogP contribution in [0.4, 0.5) is 5.69 Å². The molecule has 0 aliphatic heterocycles. The zero-order valence-electron chi connectivity index (χ0n) is 26.7. The van der Waals surface area contributed by atoms with Crippen molar-refractivity contribution in [2.45, 2.75) is 0 Å². The van der Waals surface area contributed by atoms with Crippen LogP contribution >= 0.6 is 0 Å². The molecule has 0 atom stereocenters. The molecule has 5 heteroatoms. The number of aromatic nitrogens is 2. The summed E-state index contributed by atoms with van der Waals surface area (Å²) in [6, 6.07) is 55.6. The second-order valence-electron chi connectivity index (χ2n) is 12.2. The van der Waals surface area contributed by atoms with Gasteiger partial charge in [0.05, 0.1) is 57.6 Å². The Kier molecular flexibility index (Phi) is 6.56. The van der Waals surface area contributed by atoms with E-state index in [1.165, 1.54) is 10.8 Å². The van der Waals surface area contributed by atoms with Gasteiger partial charge in [0.15, 0.2) is 0 Å². The Hall–Kier alpha value is -7.39. The standard InChI is InChI=1S/C45H25N5/c1-48-40-17-10-16-38-39-25-29(27-46)21-24-44(39)49(45(38)40)31-22-23-32(30(26-31)28-47)33-11-2-3-12-34(33)35-13-4-7-18-41(35)50-42-19-8-5-14-36(42)37-15-6-9-20-43(37)50/h2-26H. The predicted octanol–water partition coefficient (Wildman–Crippen LogP) is 11.5. The molecule has 2 aromatic heterocycles. The minimum Gasteiger partial charge on any atom is -0.319 e. The molecule has 50 heavy (non-hydrogen) atoms. The van der Waals surface area contributed by atoms with Crippen LogP contribution in [0.5, 0.6) is 0 Å². The van der Waals surface area contributed by atoms with Crippen molar-refractivity contribution in [2.75, 3.05) is 0 Å². The zero-order chi connectivity index (χ0) is 33.8. The molecule has 0 aliphatic carbocycles. The number of para-hydroxylation sites is 4. The minimum atomic E-state index is 0.506. The first-order valence-electron chi connectivity index (χ1n) is 16.3. The lowest BCUT2D eigenvalue weighted by Crippen LogP contribution is -1.99. The van der Waals surface area contributed by atoms with Gasteiger partial charge in [-0.25, -0.2) is 4.85 Å². The quantitative estimate of drug-likeness (QED) is 0.181. The van der Waals surface area contributed by atoms with Gasteiger partial charge >= 0.3 is 0 Å². The summed E-state index contributed by atoms with van der Waals surface area (Å²) in [6.07, 6.45) is 0. The summed E-state index contributed by atoms with van der Waals surface area (Å²) in [5.41, 5.74) is 11.1. The van der Waals surface area contributed by atoms with E-state index in [1.54, 1.807) is 12.1 Å². The Balaban J connectivity index is 1.26. The fourth-order valence-corrected chi connectivity index (χ4v) is 7.51. The van der Waals surface area contributed by atoms with Gasteiger partial charge in [0.1, 0.15) is 0 Å². The van der Waals surface area contributed by atoms with Crippen LogP contribution in [-0.4, -0.2) is 9.13 Å². The van der Waals surface area contributed by atoms with Crippen LogP contribution in [0.25, 0.3) is 82.1 Å². The van der Waals surface area contributed by atoms with Crippen molar-refractivity contribution >= 4 is 49.3 Å². The molecule has 0 N–H and O–H groups in total. The lowest BCUT2D eigenvalue weighted by Gasteiger charge is -2.18. The van der Waals surface area contributed by atoms with Crippen LogP contribution in [0.3, 0.4) is 0 Å². The van der Waals surface area contributed by atoms with Crippen LogP contribution in [-0.2, 0) is 0 Å². The average molecular weight is 636 g/mol. The Morgan fingerprint density at radius 2 is 1.10 bits per heavy atom. The maximum Gasteiger partial charge on any atom is 0.211 e. The molecule has 0 bridgehead atoms. The van der Waals surface area contributed by atoms with Crippen molar-refractivity contribution in [1.29, 1.82) is 10.5 Å². The van der Waals surface area contributed by atoms with Gasteiger partial charge in [-0.05, 0) is 65.0 Å². The van der Waals surface area contributed by atoms with Crippen LogP contribution in [0.1, 0.15) is 11.1 Å². The number of fused-ring (bicyclic) bond motifs is 6. The molecule has 0 amide bonds. The first kappa shape index (κ1) is 28.8. The number of hydrogen-bond donors (Lipinski definition) is 0. The van der Waals surface area contributed by atoms with Gasteiger partial charge in [0, 0.05) is 33.0 Å². The summed E-state index contributed by atoms with van der Waals surface area (Å²) in [7, 11) is 0. The van der Waals surface area contributed by atoms with E-state index in [9.17, 15) is 10.5 Å². The largest absolute Gasteiger partial charge is 0.319 e. The highest BCUT2D eigenvalue weighted by molar-refractivity contribution is 6.14. The summed E-state index contributed by atoms with van der Waals surface area (Å²) in [5.74, 6) is 0. The molecule has 5 nitrogen and oxygen atoms in total. The number of nitrogens with zero attached hydrogens (tertiary/aromatic N) is 5. The molecule has 0 aliphatic rings. The van der Waals surface area contributed by atoms with Crippen molar-refractivity contribution in [2.24, 2.45) is 0 Å². The van der Waals surface area contributed by atoms with Crippen LogP contribution < -0.4 is 0 Å². The first-order valence-corrected chi connectivity index (χ1v) is 16.3. The Morgan fingerprint density at radius 3 is 1.80 bits per heavy atom. The van der Waals surface area contributed by atoms with E-state index < -0.39 is 0 Å². The highest BCUT2D eigenvalue weighted by atomic mass is 15.0. The van der Waals surface area contributed by atoms with Crippen molar-refractivity contribution in [3.8, 4) is 45.8 Å². The van der Waals surface area contributed by atoms with Crippen LogP contribution in [0.15, 0.2) is 152 Å². The maximum absolute atomic E-state index is 10.7. The first-order chi connectivity index (χ1) is 24.7. The summed E-state index contributed by atoms with van der Waals surface area (Å²) >= 11 is 0. The van der Waals surface area contributed by atoms with Gasteiger partial charge in [0.2, 0.25) is 5.69 Å². The molecule has 0 unspecified atom stereocenters. The smallest absolute Gasteiger partial charge is 0.211 e. The average Bonchev–Trinajstić information content (AvgIpc) is 3.70. The molecular formula is C45H25N5. The van der Waals surface area contributed by atoms with Crippen molar-refractivity contribution in [1.82, 2.24) is 9.13 Å². The molecule has 230 valence electrons. The third-order valence-corrected chi connectivity index (χ3v) is 9.63. The molecule has 7 aromatic carbocycles. The normalized spacial score (nSPS) is 11.1. The Labute approximate surface area is 288 Å². The number of rotatable bonds is 4. The summed E-state index contributed by atoms with van der Waals surface area (Å²) in [6.45, 7) is 7.93. The second kappa shape index (κ2) is 11.4. The number of benzene rings is 7. The molecule has 0 saturated carbocycles. The predicted molar refractivity (Wildman–Crippen MR) is 202 cm³/mol. The summed E-state index contributed by atoms with van der Waals surface area (Å²) in [4.78, 5) is 3.84. The molecule has 2 heterocycles. The minimum absolute atomic E-state index is 0.506. The highest BCUT2D eigenvalue weighted by Gasteiger charge is 2.20. The van der Waals surface area contributed by atoms with E-state index in [1.807, 2.05) is 59.2 Å². The highest BCUT2D eigenvalue weighted by Crippen LogP contribution is 2.42. The molecule has 9 rings (SSSR count). The fourth-order valence-electron chi connectivity index (χ4n) is 7.51. The Morgan fingerprint density at radius 1 is 0.480 bits per heavy atom. The van der Waals surface area contributed by atoms with Gasteiger partial charge in [-0.1, -0.05) is 103 Å². The molecule has 0 spiro atoms. The second-order valence-corrected chi connectivity index (χ2v) is 12.2. The van der Waals surface area contributed by atoms with E-state index in [0.29, 0.717) is 16.8 Å². The van der Waals surface area contributed by atoms with Gasteiger partial charge in [-0.3, -0.25) is 0 Å². The van der Waals surface area contributed by atoms with E-state index in [0.717, 1.165) is 66.5 Å². The molecule has 0 saturated heterocycles. The Bertz CT molecular complexity index is 2920. The van der Waals surface area contributed by atoms with E-state index in [4.69, 9.17) is 6.57 Å². The third kappa shape index (κ3) is 4.24. The summed E-state index contributed by atoms with van der Waals surface area (Å²) in [5, 5.41) is 24.5. The summed E-state index contributed by atoms with van der Waals surface area (Å²) < 4.78 is 4.37. The van der Waals surface area contributed by atoms with Crippen molar-refractivity contribution < 1.29 is 0 Å². The zero-order valence-corrected chi connectivity index (χ0v) is 26.7. The van der Waals surface area contributed by atoms with E-state index in [-0.39, 0.29) is 0 Å². The van der Waals surface area contributed by atoms with Crippen LogP contribution in [0, 0.1) is 29.2 Å². The topological polar surface area (TPSA) is 61.8 Å². The lowest BCUT2D eigenvalue weighted by molar-refractivity contribution is 1.18.